The van der Waals surface area contributed by atoms with Crippen molar-refractivity contribution >= 4 is 16.5 Å². The Balaban J connectivity index is 1.56. The molecule has 0 saturated carbocycles. The molecular weight excluding hydrogens is 350 g/mol. The molecule has 0 amide bonds. The van der Waals surface area contributed by atoms with Gasteiger partial charge in [-0.25, -0.2) is 0 Å². The van der Waals surface area contributed by atoms with Crippen LogP contribution in [0.4, 0.5) is 5.69 Å². The molecule has 2 N–H and O–H groups in total. The van der Waals surface area contributed by atoms with E-state index >= 15 is 0 Å². The smallest absolute Gasteiger partial charge is 0.0393 e. The van der Waals surface area contributed by atoms with Crippen LogP contribution in [0.2, 0.25) is 0 Å². The lowest BCUT2D eigenvalue weighted by molar-refractivity contribution is 1.60. The summed E-state index contributed by atoms with van der Waals surface area (Å²) in [5, 5.41) is 2.47. The van der Waals surface area contributed by atoms with E-state index in [1.54, 1.807) is 0 Å². The second kappa shape index (κ2) is 7.29. The second-order valence-corrected chi connectivity index (χ2v) is 7.27. The lowest BCUT2D eigenvalue weighted by atomic mass is 9.94. The third-order valence-corrected chi connectivity index (χ3v) is 5.46. The van der Waals surface area contributed by atoms with Gasteiger partial charge >= 0.3 is 0 Å². The summed E-state index contributed by atoms with van der Waals surface area (Å²) in [6.45, 7) is 0. The van der Waals surface area contributed by atoms with Crippen molar-refractivity contribution in [2.24, 2.45) is 0 Å². The molecule has 138 valence electrons. The molecule has 1 heteroatoms. The van der Waals surface area contributed by atoms with Gasteiger partial charge in [-0.2, -0.15) is 0 Å². The molecule has 0 aliphatic carbocycles. The van der Waals surface area contributed by atoms with Crippen LogP contribution in [0.15, 0.2) is 115 Å². The van der Waals surface area contributed by atoms with Crippen LogP contribution in [0.25, 0.3) is 44.2 Å². The van der Waals surface area contributed by atoms with Crippen LogP contribution in [-0.2, 0) is 0 Å². The average Bonchev–Trinajstić information content (AvgIpc) is 2.79. The molecule has 0 unspecified atom stereocenters. The summed E-state index contributed by atoms with van der Waals surface area (Å²) >= 11 is 0. The quantitative estimate of drug-likeness (QED) is 0.328. The molecule has 5 rings (SSSR count). The zero-order chi connectivity index (χ0) is 19.6. The van der Waals surface area contributed by atoms with E-state index in [1.807, 2.05) is 24.3 Å². The highest BCUT2D eigenvalue weighted by atomic mass is 14.6. The molecule has 0 radical (unpaired) electrons. The van der Waals surface area contributed by atoms with Crippen molar-refractivity contribution < 1.29 is 0 Å². The van der Waals surface area contributed by atoms with Crippen LogP contribution < -0.4 is 5.73 Å². The number of hydrogen-bond acceptors (Lipinski definition) is 1. The molecule has 0 saturated heterocycles. The molecule has 0 aliphatic heterocycles. The zero-order valence-electron chi connectivity index (χ0n) is 16.0. The Morgan fingerprint density at radius 1 is 0.414 bits per heavy atom. The standard InChI is InChI=1S/C28H21N/c29-28-12-5-4-10-27(28)24-17-18-26-23(19-24)9-6-11-25(26)22-15-13-21(14-16-22)20-7-2-1-3-8-20/h1-19H,29H2. The molecule has 0 aliphatic rings. The van der Waals surface area contributed by atoms with E-state index in [2.05, 4.69) is 91.0 Å². The van der Waals surface area contributed by atoms with Crippen molar-refractivity contribution in [3.8, 4) is 33.4 Å². The second-order valence-electron chi connectivity index (χ2n) is 7.27. The lowest BCUT2D eigenvalue weighted by Crippen LogP contribution is -1.89. The van der Waals surface area contributed by atoms with Crippen LogP contribution in [0.3, 0.4) is 0 Å². The third kappa shape index (κ3) is 3.28. The van der Waals surface area contributed by atoms with E-state index in [9.17, 15) is 0 Å². The van der Waals surface area contributed by atoms with Gasteiger partial charge in [0, 0.05) is 11.3 Å². The minimum Gasteiger partial charge on any atom is -0.398 e. The minimum absolute atomic E-state index is 0.805. The maximum Gasteiger partial charge on any atom is 0.0393 e. The predicted molar refractivity (Wildman–Crippen MR) is 125 cm³/mol. The summed E-state index contributed by atoms with van der Waals surface area (Å²) in [5.41, 5.74) is 14.1. The first-order valence-electron chi connectivity index (χ1n) is 9.83. The van der Waals surface area contributed by atoms with E-state index in [-0.39, 0.29) is 0 Å². The van der Waals surface area contributed by atoms with Gasteiger partial charge in [0.05, 0.1) is 0 Å². The van der Waals surface area contributed by atoms with Gasteiger partial charge in [0.2, 0.25) is 0 Å². The highest BCUT2D eigenvalue weighted by Crippen LogP contribution is 2.34. The molecular formula is C28H21N. The van der Waals surface area contributed by atoms with E-state index in [0.717, 1.165) is 16.8 Å². The van der Waals surface area contributed by atoms with Crippen molar-refractivity contribution in [3.05, 3.63) is 115 Å². The number of nitrogens with two attached hydrogens (primary N) is 1. The monoisotopic (exact) mass is 371 g/mol. The Morgan fingerprint density at radius 3 is 1.83 bits per heavy atom. The first kappa shape index (κ1) is 17.3. The van der Waals surface area contributed by atoms with Gasteiger partial charge in [0.15, 0.2) is 0 Å². The highest BCUT2D eigenvalue weighted by Gasteiger charge is 2.07. The average molecular weight is 371 g/mol. The maximum absolute atomic E-state index is 6.18. The van der Waals surface area contributed by atoms with Crippen LogP contribution >= 0.6 is 0 Å². The van der Waals surface area contributed by atoms with Crippen molar-refractivity contribution in [2.45, 2.75) is 0 Å². The molecule has 0 atom stereocenters. The number of anilines is 1. The summed E-state index contributed by atoms with van der Waals surface area (Å²) in [6.07, 6.45) is 0. The summed E-state index contributed by atoms with van der Waals surface area (Å²) in [5.74, 6) is 0. The molecule has 0 heterocycles. The fourth-order valence-electron chi connectivity index (χ4n) is 3.94. The summed E-state index contributed by atoms with van der Waals surface area (Å²) in [7, 11) is 0. The number of hydrogen-bond donors (Lipinski definition) is 1. The minimum atomic E-state index is 0.805. The number of fused-ring (bicyclic) bond motifs is 1. The van der Waals surface area contributed by atoms with Crippen molar-refractivity contribution in [2.75, 3.05) is 5.73 Å². The Bertz CT molecular complexity index is 1290. The first-order valence-corrected chi connectivity index (χ1v) is 9.83. The normalized spacial score (nSPS) is 10.9. The van der Waals surface area contributed by atoms with Crippen LogP contribution in [0.5, 0.6) is 0 Å². The largest absolute Gasteiger partial charge is 0.398 e. The Labute approximate surface area is 171 Å². The SMILES string of the molecule is Nc1ccccc1-c1ccc2c(-c3ccc(-c4ccccc4)cc3)cccc2c1. The van der Waals surface area contributed by atoms with E-state index in [4.69, 9.17) is 5.73 Å². The van der Waals surface area contributed by atoms with Gasteiger partial charge in [-0.1, -0.05) is 103 Å². The third-order valence-electron chi connectivity index (χ3n) is 5.46. The van der Waals surface area contributed by atoms with Gasteiger partial charge in [-0.3, -0.25) is 0 Å². The maximum atomic E-state index is 6.18. The Hall–Kier alpha value is -3.84. The zero-order valence-corrected chi connectivity index (χ0v) is 16.0. The topological polar surface area (TPSA) is 26.0 Å². The molecule has 5 aromatic rings. The first-order chi connectivity index (χ1) is 14.3. The highest BCUT2D eigenvalue weighted by molar-refractivity contribution is 5.99. The molecule has 29 heavy (non-hydrogen) atoms. The summed E-state index contributed by atoms with van der Waals surface area (Å²) in [4.78, 5) is 0. The van der Waals surface area contributed by atoms with Crippen molar-refractivity contribution in [1.82, 2.24) is 0 Å². The fraction of sp³-hybridized carbons (Fsp3) is 0. The van der Waals surface area contributed by atoms with Crippen LogP contribution in [-0.4, -0.2) is 0 Å². The lowest BCUT2D eigenvalue weighted by Gasteiger charge is -2.11. The molecule has 5 aromatic carbocycles. The molecule has 0 spiro atoms. The summed E-state index contributed by atoms with van der Waals surface area (Å²) < 4.78 is 0. The van der Waals surface area contributed by atoms with Gasteiger partial charge < -0.3 is 5.73 Å². The Kier molecular flexibility index (Phi) is 4.34. The van der Waals surface area contributed by atoms with Crippen molar-refractivity contribution in [3.63, 3.8) is 0 Å². The number of para-hydroxylation sites is 1. The van der Waals surface area contributed by atoms with E-state index in [1.165, 1.54) is 33.0 Å². The molecule has 0 fully saturated rings. The number of nitrogen functional groups attached to an aromatic ring is 1. The van der Waals surface area contributed by atoms with Gasteiger partial charge in [0.25, 0.3) is 0 Å². The van der Waals surface area contributed by atoms with Crippen LogP contribution in [0.1, 0.15) is 0 Å². The van der Waals surface area contributed by atoms with E-state index < -0.39 is 0 Å². The van der Waals surface area contributed by atoms with Gasteiger partial charge in [-0.15, -0.1) is 0 Å². The molecule has 0 aromatic heterocycles. The fourth-order valence-corrected chi connectivity index (χ4v) is 3.94. The molecule has 0 bridgehead atoms. The molecule has 1 nitrogen and oxygen atoms in total. The number of rotatable bonds is 3. The van der Waals surface area contributed by atoms with Gasteiger partial charge in [0.1, 0.15) is 0 Å². The van der Waals surface area contributed by atoms with E-state index in [0.29, 0.717) is 0 Å². The predicted octanol–water partition coefficient (Wildman–Crippen LogP) is 7.42. The van der Waals surface area contributed by atoms with Crippen LogP contribution in [0, 0.1) is 0 Å². The Morgan fingerprint density at radius 2 is 1.03 bits per heavy atom. The van der Waals surface area contributed by atoms with Crippen molar-refractivity contribution in [1.29, 1.82) is 0 Å². The summed E-state index contributed by atoms with van der Waals surface area (Å²) in [6, 6.07) is 40.4. The number of benzene rings is 5. The van der Waals surface area contributed by atoms with Gasteiger partial charge in [-0.05, 0) is 50.7 Å².